The molecule has 0 saturated carbocycles. The Bertz CT molecular complexity index is 40.8. The Labute approximate surface area is 55.6 Å². The van der Waals surface area contributed by atoms with Gasteiger partial charge in [-0.25, -0.2) is 0 Å². The Balaban J connectivity index is 2.18. The summed E-state index contributed by atoms with van der Waals surface area (Å²) in [5, 5.41) is 0. The van der Waals surface area contributed by atoms with E-state index in [-0.39, 0.29) is 15.6 Å². The zero-order valence-corrected chi connectivity index (χ0v) is 8.10. The van der Waals surface area contributed by atoms with Crippen LogP contribution in [0.15, 0.2) is 0 Å². The maximum atomic E-state index is 2.70. The van der Waals surface area contributed by atoms with Gasteiger partial charge in [-0.1, -0.05) is 0 Å². The second-order valence-corrected chi connectivity index (χ2v) is 14.6. The van der Waals surface area contributed by atoms with E-state index in [1.165, 1.54) is 0 Å². The Kier molecular flexibility index (Phi) is 2.58. The summed E-state index contributed by atoms with van der Waals surface area (Å²) in [6, 6.07) is 0. The SMILES string of the molecule is I[Te+]1CCCC1. The first-order chi connectivity index (χ1) is 2.89. The summed E-state index contributed by atoms with van der Waals surface area (Å²) in [6.07, 6.45) is 3.11. The van der Waals surface area contributed by atoms with Crippen LogP contribution in [0.1, 0.15) is 12.8 Å². The third-order valence-corrected chi connectivity index (χ3v) is 11.1. The molecule has 1 fully saturated rings. The fourth-order valence-electron chi connectivity index (χ4n) is 0.619. The molecular formula is C4H8ITe+. The van der Waals surface area contributed by atoms with Gasteiger partial charge in [0.05, 0.1) is 0 Å². The van der Waals surface area contributed by atoms with Gasteiger partial charge in [0, 0.05) is 0 Å². The van der Waals surface area contributed by atoms with Crippen LogP contribution in [0.25, 0.3) is 0 Å². The Morgan fingerprint density at radius 3 is 1.83 bits per heavy atom. The molecule has 0 radical (unpaired) electrons. The molecule has 1 aliphatic heterocycles. The van der Waals surface area contributed by atoms with Gasteiger partial charge in [-0.05, 0) is 0 Å². The first kappa shape index (κ1) is 5.65. The van der Waals surface area contributed by atoms with Crippen molar-refractivity contribution in [3.05, 3.63) is 0 Å². The third kappa shape index (κ3) is 1.55. The molecule has 1 heterocycles. The molecular weight excluding hydrogens is 303 g/mol. The molecule has 0 atom stereocenters. The van der Waals surface area contributed by atoms with E-state index in [1.54, 1.807) is 21.8 Å². The van der Waals surface area contributed by atoms with Crippen molar-refractivity contribution >= 4 is 34.3 Å². The molecule has 1 saturated heterocycles. The van der Waals surface area contributed by atoms with Crippen LogP contribution in [-0.4, -0.2) is 15.6 Å². The van der Waals surface area contributed by atoms with Crippen molar-refractivity contribution in [1.82, 2.24) is 0 Å². The van der Waals surface area contributed by atoms with Crippen molar-refractivity contribution in [2.24, 2.45) is 0 Å². The molecule has 0 bridgehead atoms. The van der Waals surface area contributed by atoms with E-state index < -0.39 is 0 Å². The molecule has 0 N–H and O–H groups in total. The average Bonchev–Trinajstić information content (AvgIpc) is 1.86. The van der Waals surface area contributed by atoms with Gasteiger partial charge in [0.25, 0.3) is 0 Å². The van der Waals surface area contributed by atoms with Gasteiger partial charge in [0.15, 0.2) is 0 Å². The van der Waals surface area contributed by atoms with Crippen LogP contribution >= 0.6 is 18.7 Å². The van der Waals surface area contributed by atoms with Crippen LogP contribution in [0.3, 0.4) is 0 Å². The molecule has 0 aromatic carbocycles. The summed E-state index contributed by atoms with van der Waals surface area (Å²) in [6.45, 7) is 0. The summed E-state index contributed by atoms with van der Waals surface area (Å²) >= 11 is 2.38. The number of hydrogen-bond donors (Lipinski definition) is 0. The quantitative estimate of drug-likeness (QED) is 0.475. The summed E-state index contributed by atoms with van der Waals surface area (Å²) in [4.78, 5) is 0. The van der Waals surface area contributed by atoms with Crippen molar-refractivity contribution in [3.63, 3.8) is 0 Å². The number of halogens is 1. The van der Waals surface area contributed by atoms with Gasteiger partial charge in [-0.3, -0.25) is 0 Å². The molecule has 0 amide bonds. The van der Waals surface area contributed by atoms with E-state index in [2.05, 4.69) is 18.7 Å². The molecule has 0 aromatic heterocycles. The van der Waals surface area contributed by atoms with Crippen molar-refractivity contribution < 1.29 is 0 Å². The normalized spacial score (nSPS) is 25.5. The van der Waals surface area contributed by atoms with Gasteiger partial charge in [-0.15, -0.1) is 0 Å². The first-order valence-electron chi connectivity index (χ1n) is 2.23. The number of hydrogen-bond acceptors (Lipinski definition) is 0. The van der Waals surface area contributed by atoms with Crippen LogP contribution in [0.2, 0.25) is 8.94 Å². The van der Waals surface area contributed by atoms with Crippen LogP contribution in [-0.2, 0) is 0 Å². The van der Waals surface area contributed by atoms with Gasteiger partial charge in [0.1, 0.15) is 0 Å². The van der Waals surface area contributed by atoms with Gasteiger partial charge >= 0.3 is 56.1 Å². The molecule has 0 aromatic rings. The van der Waals surface area contributed by atoms with E-state index in [0.29, 0.717) is 0 Å². The Hall–Kier alpha value is 1.52. The van der Waals surface area contributed by atoms with Crippen molar-refractivity contribution in [3.8, 4) is 0 Å². The van der Waals surface area contributed by atoms with Crippen LogP contribution < -0.4 is 0 Å². The Morgan fingerprint density at radius 2 is 1.67 bits per heavy atom. The average molecular weight is 311 g/mol. The fourth-order valence-corrected chi connectivity index (χ4v) is 8.33. The van der Waals surface area contributed by atoms with Crippen molar-refractivity contribution in [2.75, 3.05) is 0 Å². The summed E-state index contributed by atoms with van der Waals surface area (Å²) in [5.41, 5.74) is 0. The van der Waals surface area contributed by atoms with E-state index in [4.69, 9.17) is 0 Å². The second-order valence-electron chi connectivity index (χ2n) is 1.54. The Morgan fingerprint density at radius 1 is 1.17 bits per heavy atom. The second kappa shape index (κ2) is 2.74. The molecule has 0 spiro atoms. The molecule has 0 unspecified atom stereocenters. The van der Waals surface area contributed by atoms with E-state index >= 15 is 0 Å². The van der Waals surface area contributed by atoms with Gasteiger partial charge in [-0.2, -0.15) is 0 Å². The molecule has 36 valence electrons. The zero-order valence-electron chi connectivity index (χ0n) is 3.61. The van der Waals surface area contributed by atoms with Crippen LogP contribution in [0, 0.1) is 0 Å². The monoisotopic (exact) mass is 313 g/mol. The van der Waals surface area contributed by atoms with Crippen LogP contribution in [0.5, 0.6) is 0 Å². The van der Waals surface area contributed by atoms with E-state index in [0.717, 1.165) is 0 Å². The van der Waals surface area contributed by atoms with E-state index in [1.807, 2.05) is 0 Å². The summed E-state index contributed by atoms with van der Waals surface area (Å²) in [5.74, 6) is 0. The molecule has 1 aliphatic rings. The number of rotatable bonds is 0. The minimum atomic E-state index is -0.325. The molecule has 0 nitrogen and oxygen atoms in total. The zero-order chi connectivity index (χ0) is 4.41. The standard InChI is InChI=1S/C4H8ITe/c5-6-3-1-2-4-6/h1-4H2/q+1. The maximum absolute atomic E-state index is 2.70. The third-order valence-electron chi connectivity index (χ3n) is 0.982. The fraction of sp³-hybridized carbons (Fsp3) is 1.00. The van der Waals surface area contributed by atoms with Gasteiger partial charge in [0.2, 0.25) is 0 Å². The van der Waals surface area contributed by atoms with Gasteiger partial charge < -0.3 is 0 Å². The molecule has 1 rings (SSSR count). The predicted octanol–water partition coefficient (Wildman–Crippen LogP) is 2.21. The topological polar surface area (TPSA) is 0 Å². The predicted molar refractivity (Wildman–Crippen MR) is 38.6 cm³/mol. The molecule has 2 heteroatoms. The van der Waals surface area contributed by atoms with E-state index in [9.17, 15) is 0 Å². The summed E-state index contributed by atoms with van der Waals surface area (Å²) < 4.78 is 3.29. The molecule has 0 aliphatic carbocycles. The van der Waals surface area contributed by atoms with Crippen molar-refractivity contribution in [2.45, 2.75) is 21.8 Å². The first-order valence-corrected chi connectivity index (χ1v) is 12.3. The minimum absolute atomic E-state index is 0.325. The van der Waals surface area contributed by atoms with Crippen molar-refractivity contribution in [1.29, 1.82) is 0 Å². The summed E-state index contributed by atoms with van der Waals surface area (Å²) in [7, 11) is 0. The van der Waals surface area contributed by atoms with Crippen LogP contribution in [0.4, 0.5) is 0 Å². The molecule has 6 heavy (non-hydrogen) atoms.